The Morgan fingerprint density at radius 1 is 0.946 bits per heavy atom. The summed E-state index contributed by atoms with van der Waals surface area (Å²) in [5.74, 6) is -1.68. The highest BCUT2D eigenvalue weighted by Crippen LogP contribution is 2.27. The van der Waals surface area contributed by atoms with Gasteiger partial charge in [0, 0.05) is 30.3 Å². The van der Waals surface area contributed by atoms with Crippen molar-refractivity contribution in [2.24, 2.45) is 5.73 Å². The number of carbonyl (C=O) groups is 3. The number of nitrogens with one attached hydrogen (secondary N) is 1. The highest BCUT2D eigenvalue weighted by atomic mass is 19.1. The minimum absolute atomic E-state index is 0.0247. The molecule has 4 rings (SSSR count). The van der Waals surface area contributed by atoms with Gasteiger partial charge in [-0.3, -0.25) is 14.6 Å². The molecule has 8 heteroatoms. The molecule has 0 atom stereocenters. The first-order chi connectivity index (χ1) is 17.9. The van der Waals surface area contributed by atoms with Gasteiger partial charge in [0.25, 0.3) is 5.91 Å². The van der Waals surface area contributed by atoms with Crippen LogP contribution >= 0.6 is 0 Å². The highest BCUT2D eigenvalue weighted by molar-refractivity contribution is 6.05. The van der Waals surface area contributed by atoms with Crippen LogP contribution in [0.2, 0.25) is 0 Å². The lowest BCUT2D eigenvalue weighted by molar-refractivity contribution is 0.0600. The zero-order chi connectivity index (χ0) is 26.4. The van der Waals surface area contributed by atoms with E-state index in [9.17, 15) is 18.8 Å². The maximum Gasteiger partial charge on any atom is 0.337 e. The molecule has 0 aliphatic carbocycles. The second-order valence-corrected chi connectivity index (χ2v) is 8.25. The Morgan fingerprint density at radius 2 is 1.70 bits per heavy atom. The number of ether oxygens (including phenoxy) is 1. The van der Waals surface area contributed by atoms with Gasteiger partial charge in [0.2, 0.25) is 0 Å². The lowest BCUT2D eigenvalue weighted by Crippen LogP contribution is -2.14. The van der Waals surface area contributed by atoms with Crippen LogP contribution in [0, 0.1) is 5.82 Å². The number of nitrogens with two attached hydrogens (primary N) is 1. The monoisotopic (exact) mass is 497 g/mol. The van der Waals surface area contributed by atoms with Gasteiger partial charge in [-0.25, -0.2) is 9.18 Å². The molecule has 0 spiro atoms. The molecule has 1 amide bonds. The van der Waals surface area contributed by atoms with Crippen LogP contribution in [0.25, 0.3) is 11.1 Å². The molecule has 3 aromatic carbocycles. The lowest BCUT2D eigenvalue weighted by Gasteiger charge is -2.13. The normalized spacial score (nSPS) is 10.6. The molecular weight excluding hydrogens is 473 g/mol. The van der Waals surface area contributed by atoms with E-state index in [1.54, 1.807) is 60.7 Å². The summed E-state index contributed by atoms with van der Waals surface area (Å²) in [7, 11) is 1.31. The van der Waals surface area contributed by atoms with E-state index in [-0.39, 0.29) is 24.4 Å². The van der Waals surface area contributed by atoms with E-state index in [4.69, 9.17) is 10.5 Å². The quantitative estimate of drug-likeness (QED) is 0.267. The number of carbonyl (C=O) groups excluding carboxylic acids is 3. The third kappa shape index (κ3) is 5.94. The zero-order valence-corrected chi connectivity index (χ0v) is 20.0. The van der Waals surface area contributed by atoms with Gasteiger partial charge >= 0.3 is 5.97 Å². The van der Waals surface area contributed by atoms with Gasteiger partial charge in [0.15, 0.2) is 11.6 Å². The average Bonchev–Trinajstić information content (AvgIpc) is 2.94. The molecule has 0 unspecified atom stereocenters. The van der Waals surface area contributed by atoms with Crippen LogP contribution in [-0.4, -0.2) is 29.8 Å². The van der Waals surface area contributed by atoms with Crippen molar-refractivity contribution in [3.8, 4) is 11.1 Å². The second kappa shape index (κ2) is 11.4. The molecule has 0 aliphatic heterocycles. The van der Waals surface area contributed by atoms with Gasteiger partial charge in [-0.05, 0) is 58.7 Å². The van der Waals surface area contributed by atoms with Gasteiger partial charge < -0.3 is 15.8 Å². The van der Waals surface area contributed by atoms with E-state index in [1.165, 1.54) is 19.4 Å². The fraction of sp³-hybridized carbons (Fsp3) is 0.103. The predicted octanol–water partition coefficient (Wildman–Crippen LogP) is 4.81. The van der Waals surface area contributed by atoms with Crippen molar-refractivity contribution >= 4 is 23.3 Å². The number of esters is 1. The molecule has 0 bridgehead atoms. The summed E-state index contributed by atoms with van der Waals surface area (Å²) in [6.07, 6.45) is 2.56. The number of amides is 1. The van der Waals surface area contributed by atoms with Crippen LogP contribution < -0.4 is 11.1 Å². The van der Waals surface area contributed by atoms with Crippen molar-refractivity contribution in [2.75, 3.05) is 12.4 Å². The molecule has 0 fully saturated rings. The minimum atomic E-state index is -0.638. The molecule has 4 aromatic rings. The number of rotatable bonds is 8. The third-order valence-corrected chi connectivity index (χ3v) is 5.85. The highest BCUT2D eigenvalue weighted by Gasteiger charge is 2.15. The number of hydrogen-bond donors (Lipinski definition) is 2. The topological polar surface area (TPSA) is 111 Å². The molecule has 1 aromatic heterocycles. The maximum atomic E-state index is 13.9. The Morgan fingerprint density at radius 3 is 2.41 bits per heavy atom. The molecule has 3 N–H and O–H groups in total. The van der Waals surface area contributed by atoms with Crippen molar-refractivity contribution in [3.05, 3.63) is 119 Å². The number of methoxy groups -OCH3 is 1. The summed E-state index contributed by atoms with van der Waals surface area (Å²) in [5.41, 5.74) is 10.1. The summed E-state index contributed by atoms with van der Waals surface area (Å²) < 4.78 is 18.6. The van der Waals surface area contributed by atoms with Gasteiger partial charge in [0.1, 0.15) is 0 Å². The largest absolute Gasteiger partial charge is 0.465 e. The van der Waals surface area contributed by atoms with Crippen LogP contribution in [0.3, 0.4) is 0 Å². The van der Waals surface area contributed by atoms with E-state index in [0.29, 0.717) is 22.3 Å². The summed E-state index contributed by atoms with van der Waals surface area (Å²) >= 11 is 0. The number of anilines is 1. The number of benzene rings is 3. The first-order valence-electron chi connectivity index (χ1n) is 11.4. The van der Waals surface area contributed by atoms with E-state index < -0.39 is 17.7 Å². The summed E-state index contributed by atoms with van der Waals surface area (Å²) in [6.45, 7) is 0.223. The van der Waals surface area contributed by atoms with Gasteiger partial charge in [-0.15, -0.1) is 0 Å². The molecule has 0 aliphatic rings. The average molecular weight is 498 g/mol. The number of aromatic nitrogens is 1. The van der Waals surface area contributed by atoms with Crippen LogP contribution in [0.15, 0.2) is 85.2 Å². The molecule has 186 valence electrons. The number of pyridine rings is 1. The van der Waals surface area contributed by atoms with Crippen molar-refractivity contribution in [1.82, 2.24) is 4.98 Å². The molecule has 0 radical (unpaired) electrons. The Bertz CT molecular complexity index is 1470. The van der Waals surface area contributed by atoms with Crippen molar-refractivity contribution in [1.29, 1.82) is 0 Å². The van der Waals surface area contributed by atoms with Crippen molar-refractivity contribution < 1.29 is 23.5 Å². The van der Waals surface area contributed by atoms with Gasteiger partial charge in [-0.1, -0.05) is 36.4 Å². The number of nitrogens with zero attached hydrogens (tertiary/aromatic N) is 1. The number of halogens is 1. The Balaban J connectivity index is 1.58. The Labute approximate surface area is 213 Å². The van der Waals surface area contributed by atoms with E-state index in [0.717, 1.165) is 22.9 Å². The van der Waals surface area contributed by atoms with Crippen molar-refractivity contribution in [3.63, 3.8) is 0 Å². The fourth-order valence-electron chi connectivity index (χ4n) is 3.86. The lowest BCUT2D eigenvalue weighted by atomic mass is 9.94. The molecule has 0 saturated heterocycles. The maximum absolute atomic E-state index is 13.9. The van der Waals surface area contributed by atoms with Crippen LogP contribution in [0.5, 0.6) is 0 Å². The fourth-order valence-corrected chi connectivity index (χ4v) is 3.86. The van der Waals surface area contributed by atoms with Crippen LogP contribution in [0.4, 0.5) is 10.1 Å². The van der Waals surface area contributed by atoms with E-state index in [2.05, 4.69) is 10.3 Å². The van der Waals surface area contributed by atoms with E-state index in [1.807, 2.05) is 6.07 Å². The first kappa shape index (κ1) is 25.4. The number of ketones is 1. The second-order valence-electron chi connectivity index (χ2n) is 8.25. The molecule has 7 nitrogen and oxygen atoms in total. The Hall–Kier alpha value is -4.69. The molecule has 1 heterocycles. The minimum Gasteiger partial charge on any atom is -0.465 e. The van der Waals surface area contributed by atoms with E-state index >= 15 is 0 Å². The summed E-state index contributed by atoms with van der Waals surface area (Å²) in [6, 6.07) is 20.2. The molecule has 37 heavy (non-hydrogen) atoms. The van der Waals surface area contributed by atoms with Crippen molar-refractivity contribution in [2.45, 2.75) is 13.0 Å². The SMILES string of the molecule is COC(=O)c1ccc(CC(=O)c2cccc(-c3cc(C(=O)Nc4ccncc4F)ccc3CN)c2)cc1. The summed E-state index contributed by atoms with van der Waals surface area (Å²) in [5, 5.41) is 2.55. The number of hydrogen-bond acceptors (Lipinski definition) is 6. The molecule has 0 saturated carbocycles. The first-order valence-corrected chi connectivity index (χ1v) is 11.4. The summed E-state index contributed by atoms with van der Waals surface area (Å²) in [4.78, 5) is 41.1. The Kier molecular flexibility index (Phi) is 7.80. The van der Waals surface area contributed by atoms with Crippen LogP contribution in [-0.2, 0) is 17.7 Å². The third-order valence-electron chi connectivity index (χ3n) is 5.85. The van der Waals surface area contributed by atoms with Gasteiger partial charge in [-0.2, -0.15) is 0 Å². The number of Topliss-reactive ketones (excluding diaryl/α,β-unsaturated/α-hetero) is 1. The molecular formula is C29H24FN3O4. The zero-order valence-electron chi connectivity index (χ0n) is 20.0. The standard InChI is InChI=1S/C29H24FN3O4/c1-37-29(36)19-7-5-18(6-8-19)13-27(34)21-4-2-3-20(14-21)24-15-22(9-10-23(24)16-31)28(35)33-26-11-12-32-17-25(26)30/h2-12,14-15,17H,13,16,31H2,1H3,(H,32,33,35). The van der Waals surface area contributed by atoms with Crippen LogP contribution in [0.1, 0.15) is 42.2 Å². The predicted molar refractivity (Wildman–Crippen MR) is 138 cm³/mol. The smallest absolute Gasteiger partial charge is 0.337 e. The van der Waals surface area contributed by atoms with Gasteiger partial charge in [0.05, 0.1) is 24.6 Å².